The molecule has 96 valence electrons. The van der Waals surface area contributed by atoms with E-state index in [9.17, 15) is 14.4 Å². The van der Waals surface area contributed by atoms with Crippen LogP contribution in [-0.2, 0) is 19.1 Å². The first-order valence-electron chi connectivity index (χ1n) is 5.66. The summed E-state index contributed by atoms with van der Waals surface area (Å²) in [5.41, 5.74) is 0. The second-order valence-electron chi connectivity index (χ2n) is 4.23. The van der Waals surface area contributed by atoms with E-state index in [-0.39, 0.29) is 36.2 Å². The van der Waals surface area contributed by atoms with Gasteiger partial charge in [0.05, 0.1) is 19.4 Å². The van der Waals surface area contributed by atoms with Crippen LogP contribution in [0.3, 0.4) is 0 Å². The maximum Gasteiger partial charge on any atom is 0.307 e. The van der Waals surface area contributed by atoms with Crippen molar-refractivity contribution in [3.63, 3.8) is 0 Å². The van der Waals surface area contributed by atoms with Crippen molar-refractivity contribution in [1.82, 2.24) is 10.6 Å². The number of hydrogen-bond acceptors (Lipinski definition) is 4. The third-order valence-corrected chi connectivity index (χ3v) is 2.73. The Labute approximate surface area is 100 Å². The van der Waals surface area contributed by atoms with E-state index in [2.05, 4.69) is 15.4 Å². The first kappa shape index (κ1) is 13.5. The fourth-order valence-electron chi connectivity index (χ4n) is 1.70. The minimum absolute atomic E-state index is 0.0170. The van der Waals surface area contributed by atoms with Gasteiger partial charge in [-0.3, -0.25) is 14.4 Å². The lowest BCUT2D eigenvalue weighted by atomic mass is 9.98. The molecule has 1 heterocycles. The third-order valence-electron chi connectivity index (χ3n) is 2.73. The van der Waals surface area contributed by atoms with Crippen LogP contribution in [0.2, 0.25) is 0 Å². The molecule has 2 N–H and O–H groups in total. The number of ether oxygens (including phenoxy) is 1. The Morgan fingerprint density at radius 2 is 2.29 bits per heavy atom. The molecule has 2 atom stereocenters. The molecule has 2 unspecified atom stereocenters. The van der Waals surface area contributed by atoms with Crippen molar-refractivity contribution < 1.29 is 19.1 Å². The van der Waals surface area contributed by atoms with E-state index in [0.29, 0.717) is 19.4 Å². The Hall–Kier alpha value is -1.59. The number of rotatable bonds is 4. The topological polar surface area (TPSA) is 84.5 Å². The molecule has 0 aromatic rings. The minimum Gasteiger partial charge on any atom is -0.469 e. The number of nitrogens with one attached hydrogen (secondary N) is 2. The number of piperidine rings is 1. The van der Waals surface area contributed by atoms with E-state index in [0.717, 1.165) is 0 Å². The number of carbonyl (C=O) groups excluding carboxylic acids is 3. The van der Waals surface area contributed by atoms with Crippen molar-refractivity contribution in [2.75, 3.05) is 13.7 Å². The van der Waals surface area contributed by atoms with E-state index >= 15 is 0 Å². The molecule has 17 heavy (non-hydrogen) atoms. The number of methoxy groups -OCH3 is 1. The fraction of sp³-hybridized carbons (Fsp3) is 0.727. The standard InChI is InChI=1S/C11H18N2O4/c1-7(5-10(15)17-2)13-11(16)8-3-4-9(14)12-6-8/h7-8H,3-6H2,1-2H3,(H,12,14)(H,13,16). The lowest BCUT2D eigenvalue weighted by Crippen LogP contribution is -2.45. The van der Waals surface area contributed by atoms with Gasteiger partial charge in [-0.2, -0.15) is 0 Å². The normalized spacial score (nSPS) is 21.3. The number of hydrogen-bond donors (Lipinski definition) is 2. The van der Waals surface area contributed by atoms with Crippen LogP contribution in [0.1, 0.15) is 26.2 Å². The lowest BCUT2D eigenvalue weighted by molar-refractivity contribution is -0.141. The average Bonchev–Trinajstić information content (AvgIpc) is 2.29. The maximum atomic E-state index is 11.8. The molecule has 0 spiro atoms. The predicted octanol–water partition coefficient (Wildman–Crippen LogP) is -0.420. The second-order valence-corrected chi connectivity index (χ2v) is 4.23. The van der Waals surface area contributed by atoms with E-state index in [1.165, 1.54) is 7.11 Å². The van der Waals surface area contributed by atoms with Gasteiger partial charge in [-0.1, -0.05) is 0 Å². The molecular weight excluding hydrogens is 224 g/mol. The molecule has 1 aliphatic rings. The van der Waals surface area contributed by atoms with Gasteiger partial charge in [-0.15, -0.1) is 0 Å². The number of carbonyl (C=O) groups is 3. The van der Waals surface area contributed by atoms with Gasteiger partial charge in [-0.05, 0) is 13.3 Å². The largest absolute Gasteiger partial charge is 0.469 e. The molecule has 0 aromatic carbocycles. The highest BCUT2D eigenvalue weighted by Gasteiger charge is 2.25. The van der Waals surface area contributed by atoms with Crippen LogP contribution in [0.15, 0.2) is 0 Å². The summed E-state index contributed by atoms with van der Waals surface area (Å²) in [6.45, 7) is 2.12. The molecule has 1 rings (SSSR count). The highest BCUT2D eigenvalue weighted by molar-refractivity contribution is 5.84. The van der Waals surface area contributed by atoms with Crippen molar-refractivity contribution in [1.29, 1.82) is 0 Å². The molecule has 6 nitrogen and oxygen atoms in total. The summed E-state index contributed by atoms with van der Waals surface area (Å²) in [6.07, 6.45) is 1.09. The van der Waals surface area contributed by atoms with Gasteiger partial charge in [0.1, 0.15) is 0 Å². The third kappa shape index (κ3) is 4.42. The van der Waals surface area contributed by atoms with Crippen molar-refractivity contribution in [2.24, 2.45) is 5.92 Å². The molecule has 0 bridgehead atoms. The second kappa shape index (κ2) is 6.22. The Bertz CT molecular complexity index is 307. The molecule has 0 aromatic heterocycles. The van der Waals surface area contributed by atoms with Crippen molar-refractivity contribution in [2.45, 2.75) is 32.2 Å². The summed E-state index contributed by atoms with van der Waals surface area (Å²) < 4.78 is 4.51. The van der Waals surface area contributed by atoms with Gasteiger partial charge in [-0.25, -0.2) is 0 Å². The molecule has 1 saturated heterocycles. The summed E-state index contributed by atoms with van der Waals surface area (Å²) in [6, 6.07) is -0.257. The van der Waals surface area contributed by atoms with Crippen molar-refractivity contribution in [3.05, 3.63) is 0 Å². The molecule has 1 fully saturated rings. The van der Waals surface area contributed by atoms with Crippen molar-refractivity contribution in [3.8, 4) is 0 Å². The van der Waals surface area contributed by atoms with Gasteiger partial charge < -0.3 is 15.4 Å². The zero-order valence-corrected chi connectivity index (χ0v) is 10.1. The first-order valence-corrected chi connectivity index (χ1v) is 5.66. The van der Waals surface area contributed by atoms with Crippen LogP contribution in [-0.4, -0.2) is 37.5 Å². The van der Waals surface area contributed by atoms with Crippen LogP contribution in [0.5, 0.6) is 0 Å². The zero-order valence-electron chi connectivity index (χ0n) is 10.1. The van der Waals surface area contributed by atoms with Gasteiger partial charge in [0, 0.05) is 19.0 Å². The van der Waals surface area contributed by atoms with Gasteiger partial charge in [0.15, 0.2) is 0 Å². The van der Waals surface area contributed by atoms with E-state index < -0.39 is 0 Å². The Kier molecular flexibility index (Phi) is 4.93. The van der Waals surface area contributed by atoms with Crippen LogP contribution in [0.25, 0.3) is 0 Å². The highest BCUT2D eigenvalue weighted by Crippen LogP contribution is 2.11. The van der Waals surface area contributed by atoms with E-state index in [1.807, 2.05) is 0 Å². The summed E-state index contributed by atoms with van der Waals surface area (Å²) in [5, 5.41) is 5.39. The van der Waals surface area contributed by atoms with Crippen LogP contribution in [0, 0.1) is 5.92 Å². The first-order chi connectivity index (χ1) is 8.02. The molecular formula is C11H18N2O4. The van der Waals surface area contributed by atoms with Gasteiger partial charge in [0.2, 0.25) is 11.8 Å². The molecule has 0 aliphatic carbocycles. The summed E-state index contributed by atoms with van der Waals surface area (Å²) in [4.78, 5) is 33.7. The molecule has 2 amide bonds. The monoisotopic (exact) mass is 242 g/mol. The maximum absolute atomic E-state index is 11.8. The zero-order chi connectivity index (χ0) is 12.8. The van der Waals surface area contributed by atoms with Crippen LogP contribution >= 0.6 is 0 Å². The summed E-state index contributed by atoms with van der Waals surface area (Å²) in [7, 11) is 1.31. The molecule has 1 aliphatic heterocycles. The van der Waals surface area contributed by atoms with Gasteiger partial charge >= 0.3 is 5.97 Å². The number of esters is 1. The van der Waals surface area contributed by atoms with E-state index in [4.69, 9.17) is 0 Å². The summed E-state index contributed by atoms with van der Waals surface area (Å²) >= 11 is 0. The Morgan fingerprint density at radius 1 is 1.59 bits per heavy atom. The smallest absolute Gasteiger partial charge is 0.307 e. The van der Waals surface area contributed by atoms with Crippen LogP contribution in [0.4, 0.5) is 0 Å². The number of amides is 2. The fourth-order valence-corrected chi connectivity index (χ4v) is 1.70. The lowest BCUT2D eigenvalue weighted by Gasteiger charge is -2.23. The molecule has 6 heteroatoms. The van der Waals surface area contributed by atoms with E-state index in [1.54, 1.807) is 6.92 Å². The van der Waals surface area contributed by atoms with Crippen LogP contribution < -0.4 is 10.6 Å². The average molecular weight is 242 g/mol. The predicted molar refractivity (Wildman–Crippen MR) is 60.0 cm³/mol. The molecule has 0 radical (unpaired) electrons. The Morgan fingerprint density at radius 3 is 2.82 bits per heavy atom. The summed E-state index contributed by atoms with van der Waals surface area (Å²) in [5.74, 6) is -0.694. The SMILES string of the molecule is COC(=O)CC(C)NC(=O)C1CCC(=O)NC1. The Balaban J connectivity index is 2.33. The minimum atomic E-state index is -0.352. The van der Waals surface area contributed by atoms with Crippen molar-refractivity contribution >= 4 is 17.8 Å². The molecule has 0 saturated carbocycles. The quantitative estimate of drug-likeness (QED) is 0.656. The van der Waals surface area contributed by atoms with Gasteiger partial charge in [0.25, 0.3) is 0 Å². The highest BCUT2D eigenvalue weighted by atomic mass is 16.5.